The van der Waals surface area contributed by atoms with Crippen molar-refractivity contribution in [3.05, 3.63) is 47.0 Å². The maximum Gasteiger partial charge on any atom is 0.273 e. The molecule has 1 N–H and O–H groups in total. The van der Waals surface area contributed by atoms with Crippen LogP contribution in [0.5, 0.6) is 0 Å². The number of thiazole rings is 1. The Labute approximate surface area is 122 Å². The van der Waals surface area contributed by atoms with Gasteiger partial charge in [0.25, 0.3) is 5.91 Å². The van der Waals surface area contributed by atoms with Gasteiger partial charge in [0.1, 0.15) is 5.69 Å². The Hall–Kier alpha value is -1.88. The molecule has 3 rings (SSSR count). The van der Waals surface area contributed by atoms with E-state index < -0.39 is 0 Å². The van der Waals surface area contributed by atoms with E-state index in [2.05, 4.69) is 22.4 Å². The molecule has 2 heterocycles. The molecule has 0 unspecified atom stereocenters. The van der Waals surface area contributed by atoms with Crippen LogP contribution in [0, 0.1) is 0 Å². The summed E-state index contributed by atoms with van der Waals surface area (Å²) in [6.07, 6.45) is 2.21. The lowest BCUT2D eigenvalue weighted by Crippen LogP contribution is -2.27. The van der Waals surface area contributed by atoms with Crippen LogP contribution in [0.4, 0.5) is 5.13 Å². The molecular formula is C15H17N3OS. The van der Waals surface area contributed by atoms with E-state index in [4.69, 9.17) is 0 Å². The standard InChI is InChI=1S/C15H17N3OS/c19-14(18-8-4-5-9-18)13-11-20-15(17-13)16-10-12-6-2-1-3-7-12/h1-3,6-7,11H,4-5,8-10H2,(H,16,17). The summed E-state index contributed by atoms with van der Waals surface area (Å²) in [6, 6.07) is 10.2. The van der Waals surface area contributed by atoms with Gasteiger partial charge in [0.05, 0.1) is 0 Å². The summed E-state index contributed by atoms with van der Waals surface area (Å²) in [5, 5.41) is 5.91. The SMILES string of the molecule is O=C(c1csc(NCc2ccccc2)n1)N1CCCC1. The van der Waals surface area contributed by atoms with E-state index in [-0.39, 0.29) is 5.91 Å². The highest BCUT2D eigenvalue weighted by Gasteiger charge is 2.21. The van der Waals surface area contributed by atoms with Crippen molar-refractivity contribution in [3.8, 4) is 0 Å². The third-order valence-corrected chi connectivity index (χ3v) is 4.20. The van der Waals surface area contributed by atoms with Crippen LogP contribution in [0.25, 0.3) is 0 Å². The zero-order chi connectivity index (χ0) is 13.8. The Bertz CT molecular complexity index is 576. The highest BCUT2D eigenvalue weighted by atomic mass is 32.1. The maximum atomic E-state index is 12.2. The van der Waals surface area contributed by atoms with Gasteiger partial charge < -0.3 is 10.2 Å². The largest absolute Gasteiger partial charge is 0.357 e. The molecule has 0 bridgehead atoms. The topological polar surface area (TPSA) is 45.2 Å². The fourth-order valence-electron chi connectivity index (χ4n) is 2.31. The van der Waals surface area contributed by atoms with Crippen molar-refractivity contribution in [1.82, 2.24) is 9.88 Å². The molecule has 1 aromatic heterocycles. The Morgan fingerprint density at radius 3 is 2.75 bits per heavy atom. The van der Waals surface area contributed by atoms with Crippen molar-refractivity contribution in [2.75, 3.05) is 18.4 Å². The molecule has 2 aromatic rings. The van der Waals surface area contributed by atoms with E-state index in [1.54, 1.807) is 0 Å². The van der Waals surface area contributed by atoms with Gasteiger partial charge in [-0.3, -0.25) is 4.79 Å². The molecule has 4 nitrogen and oxygen atoms in total. The Balaban J connectivity index is 1.60. The van der Waals surface area contributed by atoms with Crippen LogP contribution in [-0.2, 0) is 6.54 Å². The number of hydrogen-bond acceptors (Lipinski definition) is 4. The molecule has 0 aliphatic carbocycles. The summed E-state index contributed by atoms with van der Waals surface area (Å²) in [7, 11) is 0. The summed E-state index contributed by atoms with van der Waals surface area (Å²) in [5.41, 5.74) is 1.77. The highest BCUT2D eigenvalue weighted by Crippen LogP contribution is 2.19. The fourth-order valence-corrected chi connectivity index (χ4v) is 2.99. The predicted molar refractivity (Wildman–Crippen MR) is 81.0 cm³/mol. The van der Waals surface area contributed by atoms with Crippen molar-refractivity contribution in [3.63, 3.8) is 0 Å². The van der Waals surface area contributed by atoms with E-state index in [1.807, 2.05) is 28.5 Å². The summed E-state index contributed by atoms with van der Waals surface area (Å²) < 4.78 is 0. The van der Waals surface area contributed by atoms with Crippen LogP contribution in [0.1, 0.15) is 28.9 Å². The molecule has 1 fully saturated rings. The van der Waals surface area contributed by atoms with Gasteiger partial charge in [0, 0.05) is 25.0 Å². The number of carbonyl (C=O) groups is 1. The van der Waals surface area contributed by atoms with Gasteiger partial charge in [-0.2, -0.15) is 0 Å². The van der Waals surface area contributed by atoms with Gasteiger partial charge in [0.2, 0.25) is 0 Å². The smallest absolute Gasteiger partial charge is 0.273 e. The lowest BCUT2D eigenvalue weighted by Gasteiger charge is -2.12. The average molecular weight is 287 g/mol. The zero-order valence-electron chi connectivity index (χ0n) is 11.2. The second kappa shape index (κ2) is 6.05. The van der Waals surface area contributed by atoms with E-state index >= 15 is 0 Å². The van der Waals surface area contributed by atoms with Gasteiger partial charge in [-0.05, 0) is 18.4 Å². The summed E-state index contributed by atoms with van der Waals surface area (Å²) in [4.78, 5) is 18.4. The van der Waals surface area contributed by atoms with Crippen LogP contribution in [-0.4, -0.2) is 28.9 Å². The minimum Gasteiger partial charge on any atom is -0.357 e. The summed E-state index contributed by atoms with van der Waals surface area (Å²) in [6.45, 7) is 2.46. The number of rotatable bonds is 4. The normalized spacial score (nSPS) is 14.5. The fraction of sp³-hybridized carbons (Fsp3) is 0.333. The van der Waals surface area contributed by atoms with E-state index in [1.165, 1.54) is 16.9 Å². The molecule has 20 heavy (non-hydrogen) atoms. The third-order valence-electron chi connectivity index (χ3n) is 3.40. The number of likely N-dealkylation sites (tertiary alicyclic amines) is 1. The van der Waals surface area contributed by atoms with Crippen molar-refractivity contribution in [1.29, 1.82) is 0 Å². The lowest BCUT2D eigenvalue weighted by atomic mass is 10.2. The van der Waals surface area contributed by atoms with E-state index in [9.17, 15) is 4.79 Å². The zero-order valence-corrected chi connectivity index (χ0v) is 12.0. The third kappa shape index (κ3) is 2.99. The number of aromatic nitrogens is 1. The van der Waals surface area contributed by atoms with Crippen molar-refractivity contribution >= 4 is 22.4 Å². The molecule has 0 atom stereocenters. The van der Waals surface area contributed by atoms with Crippen LogP contribution >= 0.6 is 11.3 Å². The molecule has 1 saturated heterocycles. The van der Waals surface area contributed by atoms with Crippen molar-refractivity contribution in [2.24, 2.45) is 0 Å². The number of hydrogen-bond donors (Lipinski definition) is 1. The van der Waals surface area contributed by atoms with Gasteiger partial charge in [-0.1, -0.05) is 30.3 Å². The molecule has 1 aliphatic heterocycles. The first kappa shape index (κ1) is 13.1. The molecule has 5 heteroatoms. The minimum absolute atomic E-state index is 0.0616. The van der Waals surface area contributed by atoms with Crippen LogP contribution < -0.4 is 5.32 Å². The van der Waals surface area contributed by atoms with Crippen molar-refractivity contribution in [2.45, 2.75) is 19.4 Å². The summed E-state index contributed by atoms with van der Waals surface area (Å²) >= 11 is 1.49. The number of nitrogens with zero attached hydrogens (tertiary/aromatic N) is 2. The van der Waals surface area contributed by atoms with E-state index in [0.717, 1.165) is 37.6 Å². The second-order valence-corrected chi connectivity index (χ2v) is 5.73. The van der Waals surface area contributed by atoms with Crippen LogP contribution in [0.15, 0.2) is 35.7 Å². The summed E-state index contributed by atoms with van der Waals surface area (Å²) in [5.74, 6) is 0.0616. The van der Waals surface area contributed by atoms with Gasteiger partial charge in [0.15, 0.2) is 5.13 Å². The number of anilines is 1. The first-order valence-corrected chi connectivity index (χ1v) is 7.73. The average Bonchev–Trinajstić information content (AvgIpc) is 3.17. The van der Waals surface area contributed by atoms with Crippen LogP contribution in [0.3, 0.4) is 0 Å². The molecule has 0 radical (unpaired) electrons. The van der Waals surface area contributed by atoms with E-state index in [0.29, 0.717) is 5.69 Å². The first-order chi connectivity index (χ1) is 9.83. The molecule has 1 aliphatic rings. The molecule has 1 amide bonds. The van der Waals surface area contributed by atoms with Gasteiger partial charge >= 0.3 is 0 Å². The predicted octanol–water partition coefficient (Wildman–Crippen LogP) is 2.99. The Kier molecular flexibility index (Phi) is 3.97. The van der Waals surface area contributed by atoms with Gasteiger partial charge in [-0.15, -0.1) is 11.3 Å². The van der Waals surface area contributed by atoms with Crippen LogP contribution in [0.2, 0.25) is 0 Å². The van der Waals surface area contributed by atoms with Gasteiger partial charge in [-0.25, -0.2) is 4.98 Å². The number of amides is 1. The molecular weight excluding hydrogens is 270 g/mol. The number of benzene rings is 1. The van der Waals surface area contributed by atoms with Crippen molar-refractivity contribution < 1.29 is 4.79 Å². The second-order valence-electron chi connectivity index (χ2n) is 4.88. The Morgan fingerprint density at radius 2 is 2.00 bits per heavy atom. The number of nitrogens with one attached hydrogen (secondary N) is 1. The number of carbonyl (C=O) groups excluding carboxylic acids is 1. The maximum absolute atomic E-state index is 12.2. The monoisotopic (exact) mass is 287 g/mol. The lowest BCUT2D eigenvalue weighted by molar-refractivity contribution is 0.0788. The first-order valence-electron chi connectivity index (χ1n) is 6.85. The molecule has 104 valence electrons. The molecule has 1 aromatic carbocycles. The molecule has 0 saturated carbocycles. The molecule has 0 spiro atoms. The Morgan fingerprint density at radius 1 is 1.25 bits per heavy atom. The highest BCUT2D eigenvalue weighted by molar-refractivity contribution is 7.13. The minimum atomic E-state index is 0.0616. The quantitative estimate of drug-likeness (QED) is 0.940.